The molecule has 4 nitrogen and oxygen atoms in total. The second-order valence-electron chi connectivity index (χ2n) is 5.20. The molecule has 0 aromatic rings. The highest BCUT2D eigenvalue weighted by molar-refractivity contribution is 5.70. The van der Waals surface area contributed by atoms with Crippen molar-refractivity contribution >= 4 is 5.97 Å². The molecule has 1 aliphatic heterocycles. The van der Waals surface area contributed by atoms with Gasteiger partial charge in [-0.15, -0.1) is 0 Å². The molecule has 1 aliphatic rings. The second-order valence-corrected chi connectivity index (χ2v) is 5.20. The average molecular weight is 257 g/mol. The van der Waals surface area contributed by atoms with Gasteiger partial charge in [0.05, 0.1) is 19.6 Å². The molecular weight excluding hydrogens is 230 g/mol. The van der Waals surface area contributed by atoms with Crippen molar-refractivity contribution in [2.75, 3.05) is 20.3 Å². The maximum absolute atomic E-state index is 11.6. The SMILES string of the molecule is CCCNC1(CC(=O)OC)CCOC(CCC)C1. The van der Waals surface area contributed by atoms with Crippen LogP contribution in [0, 0.1) is 0 Å². The van der Waals surface area contributed by atoms with E-state index in [-0.39, 0.29) is 17.6 Å². The molecule has 106 valence electrons. The largest absolute Gasteiger partial charge is 0.469 e. The molecule has 0 radical (unpaired) electrons. The normalized spacial score (nSPS) is 28.1. The van der Waals surface area contributed by atoms with Gasteiger partial charge in [-0.05, 0) is 32.2 Å². The van der Waals surface area contributed by atoms with Gasteiger partial charge in [0.25, 0.3) is 0 Å². The van der Waals surface area contributed by atoms with E-state index in [1.54, 1.807) is 0 Å². The zero-order chi connectivity index (χ0) is 13.4. The first-order valence-corrected chi connectivity index (χ1v) is 7.09. The molecule has 0 spiro atoms. The molecule has 0 bridgehead atoms. The lowest BCUT2D eigenvalue weighted by Gasteiger charge is -2.41. The van der Waals surface area contributed by atoms with E-state index < -0.39 is 0 Å². The van der Waals surface area contributed by atoms with Crippen LogP contribution in [0.25, 0.3) is 0 Å². The van der Waals surface area contributed by atoms with Gasteiger partial charge in [0.15, 0.2) is 0 Å². The third-order valence-corrected chi connectivity index (χ3v) is 3.62. The Morgan fingerprint density at radius 3 is 2.83 bits per heavy atom. The number of carbonyl (C=O) groups excluding carboxylic acids is 1. The number of rotatable bonds is 7. The molecule has 0 saturated carbocycles. The average Bonchev–Trinajstić information content (AvgIpc) is 2.37. The van der Waals surface area contributed by atoms with Gasteiger partial charge in [-0.3, -0.25) is 4.79 Å². The maximum atomic E-state index is 11.6. The smallest absolute Gasteiger partial charge is 0.307 e. The van der Waals surface area contributed by atoms with E-state index in [9.17, 15) is 4.79 Å². The Hall–Kier alpha value is -0.610. The van der Waals surface area contributed by atoms with Crippen LogP contribution in [0.4, 0.5) is 0 Å². The van der Waals surface area contributed by atoms with Crippen LogP contribution in [-0.4, -0.2) is 37.9 Å². The van der Waals surface area contributed by atoms with Crippen LogP contribution >= 0.6 is 0 Å². The third kappa shape index (κ3) is 4.58. The van der Waals surface area contributed by atoms with Crippen molar-refractivity contribution in [3.05, 3.63) is 0 Å². The van der Waals surface area contributed by atoms with Crippen LogP contribution in [0.3, 0.4) is 0 Å². The second kappa shape index (κ2) is 7.74. The van der Waals surface area contributed by atoms with Crippen molar-refractivity contribution in [3.63, 3.8) is 0 Å². The van der Waals surface area contributed by atoms with E-state index in [2.05, 4.69) is 19.2 Å². The summed E-state index contributed by atoms with van der Waals surface area (Å²) in [5.41, 5.74) is -0.124. The van der Waals surface area contributed by atoms with Crippen LogP contribution in [0.15, 0.2) is 0 Å². The summed E-state index contributed by atoms with van der Waals surface area (Å²) in [7, 11) is 1.46. The van der Waals surface area contributed by atoms with Gasteiger partial charge in [-0.1, -0.05) is 20.3 Å². The van der Waals surface area contributed by atoms with Crippen LogP contribution in [0.1, 0.15) is 52.4 Å². The third-order valence-electron chi connectivity index (χ3n) is 3.62. The number of hydrogen-bond acceptors (Lipinski definition) is 4. The Kier molecular flexibility index (Phi) is 6.65. The van der Waals surface area contributed by atoms with Crippen molar-refractivity contribution in [3.8, 4) is 0 Å². The Labute approximate surface area is 110 Å². The number of esters is 1. The first-order chi connectivity index (χ1) is 8.65. The van der Waals surface area contributed by atoms with E-state index in [1.165, 1.54) is 7.11 Å². The monoisotopic (exact) mass is 257 g/mol. The lowest BCUT2D eigenvalue weighted by Crippen LogP contribution is -2.53. The van der Waals surface area contributed by atoms with Gasteiger partial charge < -0.3 is 14.8 Å². The van der Waals surface area contributed by atoms with Gasteiger partial charge in [0.1, 0.15) is 0 Å². The maximum Gasteiger partial charge on any atom is 0.307 e. The summed E-state index contributed by atoms with van der Waals surface area (Å²) >= 11 is 0. The fraction of sp³-hybridized carbons (Fsp3) is 0.929. The summed E-state index contributed by atoms with van der Waals surface area (Å²) in [5.74, 6) is -0.129. The summed E-state index contributed by atoms with van der Waals surface area (Å²) in [6.07, 6.45) is 5.79. The minimum absolute atomic E-state index is 0.124. The zero-order valence-corrected chi connectivity index (χ0v) is 12.0. The lowest BCUT2D eigenvalue weighted by molar-refractivity contribution is -0.144. The van der Waals surface area contributed by atoms with Gasteiger partial charge in [-0.25, -0.2) is 0 Å². The van der Waals surface area contributed by atoms with Gasteiger partial charge in [0, 0.05) is 12.1 Å². The highest BCUT2D eigenvalue weighted by Gasteiger charge is 2.38. The first-order valence-electron chi connectivity index (χ1n) is 7.09. The van der Waals surface area contributed by atoms with Crippen molar-refractivity contribution < 1.29 is 14.3 Å². The molecule has 1 fully saturated rings. The molecule has 1 heterocycles. The molecule has 0 aromatic carbocycles. The number of carbonyl (C=O) groups is 1. The number of hydrogen-bond donors (Lipinski definition) is 1. The van der Waals surface area contributed by atoms with Crippen LogP contribution in [0.2, 0.25) is 0 Å². The van der Waals surface area contributed by atoms with Gasteiger partial charge >= 0.3 is 5.97 Å². The fourth-order valence-electron chi connectivity index (χ4n) is 2.65. The standard InChI is InChI=1S/C14H27NO3/c1-4-6-12-10-14(7-9-18-12,15-8-5-2)11-13(16)17-3/h12,15H,4-11H2,1-3H3. The topological polar surface area (TPSA) is 47.6 Å². The van der Waals surface area contributed by atoms with Crippen molar-refractivity contribution in [1.82, 2.24) is 5.32 Å². The quantitative estimate of drug-likeness (QED) is 0.711. The zero-order valence-electron chi connectivity index (χ0n) is 12.0. The summed E-state index contributed by atoms with van der Waals surface area (Å²) in [4.78, 5) is 11.6. The predicted octanol–water partition coefficient (Wildman–Crippen LogP) is 2.27. The summed E-state index contributed by atoms with van der Waals surface area (Å²) < 4.78 is 10.6. The molecular formula is C14H27NO3. The highest BCUT2D eigenvalue weighted by atomic mass is 16.5. The van der Waals surface area contributed by atoms with Gasteiger partial charge in [-0.2, -0.15) is 0 Å². The number of ether oxygens (including phenoxy) is 2. The molecule has 1 rings (SSSR count). The summed E-state index contributed by atoms with van der Waals surface area (Å²) in [5, 5.41) is 3.56. The van der Waals surface area contributed by atoms with E-state index in [0.29, 0.717) is 6.42 Å². The van der Waals surface area contributed by atoms with Crippen LogP contribution in [-0.2, 0) is 14.3 Å². The summed E-state index contributed by atoms with van der Waals surface area (Å²) in [6.45, 7) is 5.98. The van der Waals surface area contributed by atoms with Crippen molar-refractivity contribution in [1.29, 1.82) is 0 Å². The van der Waals surface area contributed by atoms with Crippen LogP contribution < -0.4 is 5.32 Å². The molecule has 0 amide bonds. The van der Waals surface area contributed by atoms with Crippen LogP contribution in [0.5, 0.6) is 0 Å². The first kappa shape index (κ1) is 15.4. The molecule has 2 atom stereocenters. The number of nitrogens with one attached hydrogen (secondary N) is 1. The predicted molar refractivity (Wildman–Crippen MR) is 71.5 cm³/mol. The molecule has 0 aromatic heterocycles. The minimum Gasteiger partial charge on any atom is -0.469 e. The highest BCUT2D eigenvalue weighted by Crippen LogP contribution is 2.30. The Bertz CT molecular complexity index is 255. The van der Waals surface area contributed by atoms with Gasteiger partial charge in [0.2, 0.25) is 0 Å². The molecule has 4 heteroatoms. The Morgan fingerprint density at radius 2 is 2.22 bits per heavy atom. The molecule has 2 unspecified atom stereocenters. The lowest BCUT2D eigenvalue weighted by atomic mass is 9.82. The molecule has 1 N–H and O–H groups in total. The fourth-order valence-corrected chi connectivity index (χ4v) is 2.65. The molecule has 0 aliphatic carbocycles. The molecule has 1 saturated heterocycles. The van der Waals surface area contributed by atoms with E-state index in [4.69, 9.17) is 9.47 Å². The van der Waals surface area contributed by atoms with Crippen molar-refractivity contribution in [2.45, 2.75) is 64.0 Å². The summed E-state index contributed by atoms with van der Waals surface area (Å²) in [6, 6.07) is 0. The Balaban J connectivity index is 2.65. The van der Waals surface area contributed by atoms with E-state index >= 15 is 0 Å². The van der Waals surface area contributed by atoms with E-state index in [1.807, 2.05) is 0 Å². The Morgan fingerprint density at radius 1 is 1.44 bits per heavy atom. The number of methoxy groups -OCH3 is 1. The molecule has 18 heavy (non-hydrogen) atoms. The van der Waals surface area contributed by atoms with E-state index in [0.717, 1.165) is 45.3 Å². The van der Waals surface area contributed by atoms with Crippen molar-refractivity contribution in [2.24, 2.45) is 0 Å². The minimum atomic E-state index is -0.129.